The number of piperidine rings is 1. The summed E-state index contributed by atoms with van der Waals surface area (Å²) >= 11 is 0. The molecular formula is C28H25F2N7O3. The molecule has 10 nitrogen and oxygen atoms in total. The van der Waals surface area contributed by atoms with Gasteiger partial charge >= 0.3 is 0 Å². The van der Waals surface area contributed by atoms with E-state index in [0.29, 0.717) is 29.9 Å². The van der Waals surface area contributed by atoms with Crippen LogP contribution in [-0.4, -0.2) is 61.6 Å². The quantitative estimate of drug-likeness (QED) is 0.324. The normalized spacial score (nSPS) is 14.9. The number of carbonyl (C=O) groups excluding carboxylic acids is 1. The van der Waals surface area contributed by atoms with Crippen LogP contribution in [0.3, 0.4) is 0 Å². The minimum absolute atomic E-state index is 0.0813. The Balaban J connectivity index is 0.00000103. The summed E-state index contributed by atoms with van der Waals surface area (Å²) in [6, 6.07) is 12.9. The molecule has 2 N–H and O–H groups in total. The van der Waals surface area contributed by atoms with Crippen LogP contribution < -0.4 is 10.2 Å². The number of nitrogens with one attached hydrogen (secondary N) is 1. The molecule has 0 aliphatic carbocycles. The summed E-state index contributed by atoms with van der Waals surface area (Å²) in [5, 5.41) is 19.8. The highest BCUT2D eigenvalue weighted by molar-refractivity contribution is 6.11. The molecule has 1 amide bonds. The minimum Gasteiger partial charge on any atom is -0.483 e. The number of carboxylic acid groups (broad SMARTS) is 1. The van der Waals surface area contributed by atoms with Crippen LogP contribution in [0.2, 0.25) is 0 Å². The summed E-state index contributed by atoms with van der Waals surface area (Å²) in [6.07, 6.45) is 4.67. The van der Waals surface area contributed by atoms with Crippen LogP contribution in [0.15, 0.2) is 60.9 Å². The van der Waals surface area contributed by atoms with Crippen molar-refractivity contribution in [3.8, 4) is 5.69 Å². The molecule has 1 aliphatic heterocycles. The van der Waals surface area contributed by atoms with E-state index in [1.807, 2.05) is 31.2 Å². The number of aryl methyl sites for hydroxylation is 1. The lowest BCUT2D eigenvalue weighted by molar-refractivity contribution is -0.122. The smallest absolute Gasteiger partial charge is 0.290 e. The Kier molecular flexibility index (Phi) is 7.69. The number of amides is 1. The zero-order valence-electron chi connectivity index (χ0n) is 21.5. The molecule has 0 radical (unpaired) electrons. The SMILES string of the molecule is Cc1cccc2ccnc(N(C(=O)c3c(F)cc(-n4nnc5cccnc54)cc3F)[C@@H]3CCCNC3)c12.O=CO. The monoisotopic (exact) mass is 545 g/mol. The van der Waals surface area contributed by atoms with E-state index in [1.54, 1.807) is 24.5 Å². The summed E-state index contributed by atoms with van der Waals surface area (Å²) < 4.78 is 32.4. The lowest BCUT2D eigenvalue weighted by Crippen LogP contribution is -2.50. The summed E-state index contributed by atoms with van der Waals surface area (Å²) in [5.74, 6) is -2.38. The first kappa shape index (κ1) is 26.8. The Morgan fingerprint density at radius 1 is 1.12 bits per heavy atom. The Morgan fingerprint density at radius 2 is 1.90 bits per heavy atom. The number of aromatic nitrogens is 5. The number of hydrogen-bond donors (Lipinski definition) is 2. The Morgan fingerprint density at radius 3 is 2.62 bits per heavy atom. The first-order valence-corrected chi connectivity index (χ1v) is 12.6. The van der Waals surface area contributed by atoms with Crippen molar-refractivity contribution in [2.24, 2.45) is 0 Å². The molecule has 0 unspecified atom stereocenters. The van der Waals surface area contributed by atoms with Crippen LogP contribution in [0.4, 0.5) is 14.6 Å². The molecule has 2 aromatic carbocycles. The van der Waals surface area contributed by atoms with Gasteiger partial charge in [0.25, 0.3) is 12.4 Å². The van der Waals surface area contributed by atoms with Gasteiger partial charge in [-0.05, 0) is 55.5 Å². The minimum atomic E-state index is -0.995. The highest BCUT2D eigenvalue weighted by Gasteiger charge is 2.33. The zero-order chi connectivity index (χ0) is 28.2. The van der Waals surface area contributed by atoms with Gasteiger partial charge < -0.3 is 10.4 Å². The summed E-state index contributed by atoms with van der Waals surface area (Å²) in [7, 11) is 0. The van der Waals surface area contributed by atoms with E-state index in [0.717, 1.165) is 41.4 Å². The average Bonchev–Trinajstić information content (AvgIpc) is 3.38. The first-order chi connectivity index (χ1) is 19.4. The molecule has 1 saturated heterocycles. The van der Waals surface area contributed by atoms with E-state index in [-0.39, 0.29) is 18.2 Å². The standard InChI is InChI=1S/C27H23F2N7O.CH2O2/c1-16-5-2-6-17-9-12-32-26(23(16)17)35(18-7-3-10-30-15-18)27(37)24-20(28)13-19(14-21(24)29)36-25-22(33-34-36)8-4-11-31-25;2-1-3/h2,4-6,8-9,11-14,18,30H,3,7,10,15H2,1H3;1H,(H,2,3)/t18-;/m1./s1. The van der Waals surface area contributed by atoms with Gasteiger partial charge in [0.15, 0.2) is 5.65 Å². The molecule has 0 saturated carbocycles. The third kappa shape index (κ3) is 4.96. The lowest BCUT2D eigenvalue weighted by Gasteiger charge is -2.35. The van der Waals surface area contributed by atoms with Crippen molar-refractivity contribution in [2.75, 3.05) is 18.0 Å². The molecule has 204 valence electrons. The molecule has 12 heteroatoms. The fourth-order valence-corrected chi connectivity index (χ4v) is 5.00. The fraction of sp³-hybridized carbons (Fsp3) is 0.214. The predicted octanol–water partition coefficient (Wildman–Crippen LogP) is 4.05. The van der Waals surface area contributed by atoms with Gasteiger partial charge in [-0.25, -0.2) is 18.7 Å². The van der Waals surface area contributed by atoms with E-state index in [4.69, 9.17) is 9.90 Å². The van der Waals surface area contributed by atoms with E-state index in [1.165, 1.54) is 9.58 Å². The molecule has 5 aromatic rings. The van der Waals surface area contributed by atoms with Gasteiger partial charge in [0.05, 0.1) is 11.7 Å². The lowest BCUT2D eigenvalue weighted by atomic mass is 10.0. The topological polar surface area (TPSA) is 126 Å². The Bertz CT molecular complexity index is 1670. The second-order valence-electron chi connectivity index (χ2n) is 9.22. The number of anilines is 1. The molecule has 1 atom stereocenters. The molecular weight excluding hydrogens is 520 g/mol. The van der Waals surface area contributed by atoms with Crippen molar-refractivity contribution < 1.29 is 23.5 Å². The van der Waals surface area contributed by atoms with Crippen molar-refractivity contribution >= 4 is 40.1 Å². The average molecular weight is 546 g/mol. The third-order valence-corrected chi connectivity index (χ3v) is 6.76. The van der Waals surface area contributed by atoms with Crippen molar-refractivity contribution in [2.45, 2.75) is 25.8 Å². The molecule has 4 heterocycles. The van der Waals surface area contributed by atoms with E-state index in [9.17, 15) is 4.79 Å². The van der Waals surface area contributed by atoms with Crippen LogP contribution in [0.25, 0.3) is 27.6 Å². The molecule has 0 spiro atoms. The number of fused-ring (bicyclic) bond motifs is 2. The second-order valence-corrected chi connectivity index (χ2v) is 9.22. The van der Waals surface area contributed by atoms with Crippen molar-refractivity contribution in [1.82, 2.24) is 30.3 Å². The van der Waals surface area contributed by atoms with E-state index >= 15 is 8.78 Å². The summed E-state index contributed by atoms with van der Waals surface area (Å²) in [4.78, 5) is 32.5. The second kappa shape index (κ2) is 11.5. The Hall–Kier alpha value is -4.84. The molecule has 6 rings (SSSR count). The molecule has 1 aliphatic rings. The summed E-state index contributed by atoms with van der Waals surface area (Å²) in [5.41, 5.74) is 1.20. The highest BCUT2D eigenvalue weighted by Crippen LogP contribution is 2.32. The maximum absolute atomic E-state index is 15.6. The maximum Gasteiger partial charge on any atom is 0.290 e. The van der Waals surface area contributed by atoms with Gasteiger partial charge in [-0.3, -0.25) is 14.5 Å². The van der Waals surface area contributed by atoms with Gasteiger partial charge in [-0.15, -0.1) is 5.10 Å². The fourth-order valence-electron chi connectivity index (χ4n) is 5.00. The van der Waals surface area contributed by atoms with Gasteiger partial charge in [0.2, 0.25) is 0 Å². The number of hydrogen-bond acceptors (Lipinski definition) is 7. The number of nitrogens with zero attached hydrogens (tertiary/aromatic N) is 6. The van der Waals surface area contributed by atoms with Gasteiger partial charge in [0, 0.05) is 36.5 Å². The maximum atomic E-state index is 15.6. The van der Waals surface area contributed by atoms with Crippen LogP contribution in [0.5, 0.6) is 0 Å². The third-order valence-electron chi connectivity index (χ3n) is 6.76. The number of pyridine rings is 2. The van der Waals surface area contributed by atoms with E-state index in [2.05, 4.69) is 25.6 Å². The molecule has 0 bridgehead atoms. The van der Waals surface area contributed by atoms with Crippen LogP contribution in [-0.2, 0) is 4.79 Å². The predicted molar refractivity (Wildman–Crippen MR) is 144 cm³/mol. The van der Waals surface area contributed by atoms with Crippen LogP contribution in [0, 0.1) is 18.6 Å². The Labute approximate surface area is 227 Å². The van der Waals surface area contributed by atoms with Crippen molar-refractivity contribution in [1.29, 1.82) is 0 Å². The molecule has 40 heavy (non-hydrogen) atoms. The van der Waals surface area contributed by atoms with Crippen molar-refractivity contribution in [3.63, 3.8) is 0 Å². The number of rotatable bonds is 4. The number of halogens is 2. The zero-order valence-corrected chi connectivity index (χ0v) is 21.5. The van der Waals surface area contributed by atoms with Gasteiger partial charge in [-0.1, -0.05) is 23.4 Å². The van der Waals surface area contributed by atoms with Crippen LogP contribution >= 0.6 is 0 Å². The highest BCUT2D eigenvalue weighted by atomic mass is 19.1. The number of benzene rings is 2. The van der Waals surface area contributed by atoms with Gasteiger partial charge in [0.1, 0.15) is 28.5 Å². The summed E-state index contributed by atoms with van der Waals surface area (Å²) in [6.45, 7) is 2.99. The number of carbonyl (C=O) groups is 2. The van der Waals surface area contributed by atoms with Gasteiger partial charge in [-0.2, -0.15) is 4.68 Å². The molecule has 3 aromatic heterocycles. The largest absolute Gasteiger partial charge is 0.483 e. The van der Waals surface area contributed by atoms with Crippen LogP contribution in [0.1, 0.15) is 28.8 Å². The first-order valence-electron chi connectivity index (χ1n) is 12.6. The van der Waals surface area contributed by atoms with E-state index < -0.39 is 23.1 Å². The van der Waals surface area contributed by atoms with Crippen molar-refractivity contribution in [3.05, 3.63) is 83.7 Å². The molecule has 1 fully saturated rings.